The summed E-state index contributed by atoms with van der Waals surface area (Å²) in [5.74, 6) is -0.436. The van der Waals surface area contributed by atoms with Gasteiger partial charge in [-0.2, -0.15) is 0 Å². The van der Waals surface area contributed by atoms with Crippen LogP contribution in [0.15, 0.2) is 0 Å². The van der Waals surface area contributed by atoms with Gasteiger partial charge in [0, 0.05) is 13.1 Å². The first kappa shape index (κ1) is 13.8. The number of hydrogen-bond acceptors (Lipinski definition) is 3. The summed E-state index contributed by atoms with van der Waals surface area (Å²) >= 11 is 0. The molecule has 2 fully saturated rings. The molecule has 19 heavy (non-hydrogen) atoms. The Morgan fingerprint density at radius 3 is 2.42 bits per heavy atom. The van der Waals surface area contributed by atoms with Crippen molar-refractivity contribution in [3.8, 4) is 0 Å². The molecule has 2 aliphatic heterocycles. The van der Waals surface area contributed by atoms with Gasteiger partial charge in [0.1, 0.15) is 12.1 Å². The molecule has 1 N–H and O–H groups in total. The van der Waals surface area contributed by atoms with Crippen molar-refractivity contribution in [1.82, 2.24) is 15.1 Å². The van der Waals surface area contributed by atoms with Crippen LogP contribution >= 0.6 is 0 Å². The van der Waals surface area contributed by atoms with E-state index in [1.165, 1.54) is 0 Å². The molecule has 2 heterocycles. The van der Waals surface area contributed by atoms with Crippen LogP contribution in [-0.2, 0) is 9.59 Å². The van der Waals surface area contributed by atoms with Gasteiger partial charge in [-0.25, -0.2) is 4.79 Å². The minimum Gasteiger partial charge on any atom is -0.341 e. The average Bonchev–Trinajstić information content (AvgIpc) is 2.64. The first-order valence-electron chi connectivity index (χ1n) is 6.90. The van der Waals surface area contributed by atoms with Gasteiger partial charge >= 0.3 is 6.03 Å². The predicted molar refractivity (Wildman–Crippen MR) is 69.4 cm³/mol. The zero-order valence-corrected chi connectivity index (χ0v) is 11.6. The van der Waals surface area contributed by atoms with E-state index in [1.54, 1.807) is 11.8 Å². The maximum absolute atomic E-state index is 12.2. The molecular weight excluding hydrogens is 246 g/mol. The zero-order valence-electron chi connectivity index (χ0n) is 11.6. The first-order valence-corrected chi connectivity index (χ1v) is 6.90. The Morgan fingerprint density at radius 1 is 1.26 bits per heavy atom. The SMILES string of the molecule is CC[C@]1(C)NC(=O)N(CC(=O)N2CCCCC2)C1=O. The third kappa shape index (κ3) is 2.57. The summed E-state index contributed by atoms with van der Waals surface area (Å²) in [6.07, 6.45) is 3.66. The minimum atomic E-state index is -0.862. The Labute approximate surface area is 113 Å². The quantitative estimate of drug-likeness (QED) is 0.766. The Bertz CT molecular complexity index is 404. The number of carbonyl (C=O) groups excluding carboxylic acids is 3. The summed E-state index contributed by atoms with van der Waals surface area (Å²) in [7, 11) is 0. The summed E-state index contributed by atoms with van der Waals surface area (Å²) in [6.45, 7) is 4.86. The lowest BCUT2D eigenvalue weighted by molar-refractivity contribution is -0.139. The van der Waals surface area contributed by atoms with Gasteiger partial charge in [-0.15, -0.1) is 0 Å². The molecule has 0 unspecified atom stereocenters. The van der Waals surface area contributed by atoms with E-state index < -0.39 is 11.6 Å². The topological polar surface area (TPSA) is 69.7 Å². The van der Waals surface area contributed by atoms with Crippen molar-refractivity contribution in [2.24, 2.45) is 0 Å². The third-order valence-electron chi connectivity index (χ3n) is 4.05. The second kappa shape index (κ2) is 5.19. The molecule has 0 aromatic carbocycles. The van der Waals surface area contributed by atoms with Gasteiger partial charge in [-0.05, 0) is 32.6 Å². The van der Waals surface area contributed by atoms with E-state index in [0.29, 0.717) is 6.42 Å². The van der Waals surface area contributed by atoms with Crippen LogP contribution in [0.5, 0.6) is 0 Å². The number of rotatable bonds is 3. The summed E-state index contributed by atoms with van der Waals surface area (Å²) in [5, 5.41) is 2.65. The Morgan fingerprint density at radius 2 is 1.89 bits per heavy atom. The first-order chi connectivity index (χ1) is 8.98. The van der Waals surface area contributed by atoms with E-state index in [2.05, 4.69) is 5.32 Å². The molecule has 2 saturated heterocycles. The molecule has 0 spiro atoms. The lowest BCUT2D eigenvalue weighted by atomic mass is 9.99. The van der Waals surface area contributed by atoms with E-state index in [1.807, 2.05) is 6.92 Å². The van der Waals surface area contributed by atoms with Gasteiger partial charge in [0.25, 0.3) is 5.91 Å². The van der Waals surface area contributed by atoms with Crippen LogP contribution in [0.25, 0.3) is 0 Å². The highest BCUT2D eigenvalue weighted by molar-refractivity contribution is 6.08. The summed E-state index contributed by atoms with van der Waals surface area (Å²) in [6, 6.07) is -0.459. The second-order valence-electron chi connectivity index (χ2n) is 5.45. The average molecular weight is 267 g/mol. The van der Waals surface area contributed by atoms with Gasteiger partial charge in [0.2, 0.25) is 5.91 Å². The Balaban J connectivity index is 2.00. The number of likely N-dealkylation sites (tertiary alicyclic amines) is 1. The molecule has 2 rings (SSSR count). The van der Waals surface area contributed by atoms with Crippen LogP contribution in [-0.4, -0.2) is 52.8 Å². The summed E-state index contributed by atoms with van der Waals surface area (Å²) in [4.78, 5) is 38.8. The van der Waals surface area contributed by atoms with Crippen molar-refractivity contribution in [3.63, 3.8) is 0 Å². The van der Waals surface area contributed by atoms with E-state index in [0.717, 1.165) is 37.3 Å². The van der Waals surface area contributed by atoms with Crippen molar-refractivity contribution in [2.45, 2.75) is 45.1 Å². The fourth-order valence-electron chi connectivity index (χ4n) is 2.51. The minimum absolute atomic E-state index is 0.136. The van der Waals surface area contributed by atoms with Crippen LogP contribution in [0, 0.1) is 0 Å². The number of nitrogens with zero attached hydrogens (tertiary/aromatic N) is 2. The molecule has 0 radical (unpaired) electrons. The second-order valence-corrected chi connectivity index (χ2v) is 5.45. The fourth-order valence-corrected chi connectivity index (χ4v) is 2.51. The van der Waals surface area contributed by atoms with Crippen molar-refractivity contribution >= 4 is 17.8 Å². The molecule has 0 bridgehead atoms. The molecular formula is C13H21N3O3. The van der Waals surface area contributed by atoms with Crippen molar-refractivity contribution in [1.29, 1.82) is 0 Å². The number of hydrogen-bond donors (Lipinski definition) is 1. The monoisotopic (exact) mass is 267 g/mol. The summed E-state index contributed by atoms with van der Waals surface area (Å²) < 4.78 is 0. The van der Waals surface area contributed by atoms with Gasteiger partial charge in [0.05, 0.1) is 0 Å². The molecule has 0 aromatic heterocycles. The highest BCUT2D eigenvalue weighted by atomic mass is 16.2. The number of carbonyl (C=O) groups is 3. The van der Waals surface area contributed by atoms with Crippen LogP contribution in [0.3, 0.4) is 0 Å². The van der Waals surface area contributed by atoms with Crippen molar-refractivity contribution in [2.75, 3.05) is 19.6 Å². The van der Waals surface area contributed by atoms with E-state index in [4.69, 9.17) is 0 Å². The lowest BCUT2D eigenvalue weighted by Crippen LogP contribution is -2.46. The molecule has 0 aromatic rings. The van der Waals surface area contributed by atoms with Gasteiger partial charge in [-0.3, -0.25) is 14.5 Å². The third-order valence-corrected chi connectivity index (χ3v) is 4.05. The van der Waals surface area contributed by atoms with Crippen LogP contribution in [0.4, 0.5) is 4.79 Å². The number of urea groups is 1. The molecule has 0 saturated carbocycles. The van der Waals surface area contributed by atoms with Gasteiger partial charge < -0.3 is 10.2 Å². The number of imide groups is 1. The standard InChI is InChI=1S/C13H21N3O3/c1-3-13(2)11(18)16(12(19)14-13)9-10(17)15-7-5-4-6-8-15/h3-9H2,1-2H3,(H,14,19)/t13-/m0/s1. The highest BCUT2D eigenvalue weighted by Gasteiger charge is 2.47. The molecule has 106 valence electrons. The van der Waals surface area contributed by atoms with Crippen molar-refractivity contribution < 1.29 is 14.4 Å². The van der Waals surface area contributed by atoms with Crippen LogP contribution < -0.4 is 5.32 Å². The Hall–Kier alpha value is -1.59. The van der Waals surface area contributed by atoms with Gasteiger partial charge in [-0.1, -0.05) is 6.92 Å². The number of nitrogens with one attached hydrogen (secondary N) is 1. The lowest BCUT2D eigenvalue weighted by Gasteiger charge is -2.28. The maximum atomic E-state index is 12.2. The van der Waals surface area contributed by atoms with E-state index >= 15 is 0 Å². The molecule has 6 nitrogen and oxygen atoms in total. The van der Waals surface area contributed by atoms with Crippen LogP contribution in [0.1, 0.15) is 39.5 Å². The molecule has 6 heteroatoms. The normalized spacial score (nSPS) is 27.7. The zero-order chi connectivity index (χ0) is 14.0. The van der Waals surface area contributed by atoms with Crippen LogP contribution in [0.2, 0.25) is 0 Å². The molecule has 4 amide bonds. The largest absolute Gasteiger partial charge is 0.341 e. The predicted octanol–water partition coefficient (Wildman–Crippen LogP) is 0.719. The Kier molecular flexibility index (Phi) is 3.78. The fraction of sp³-hybridized carbons (Fsp3) is 0.769. The molecule has 0 aliphatic carbocycles. The van der Waals surface area contributed by atoms with Gasteiger partial charge in [0.15, 0.2) is 0 Å². The maximum Gasteiger partial charge on any atom is 0.325 e. The van der Waals surface area contributed by atoms with E-state index in [-0.39, 0.29) is 18.4 Å². The number of piperidine rings is 1. The molecule has 1 atom stereocenters. The smallest absolute Gasteiger partial charge is 0.325 e. The summed E-state index contributed by atoms with van der Waals surface area (Å²) in [5.41, 5.74) is -0.862. The molecule has 2 aliphatic rings. The van der Waals surface area contributed by atoms with Crippen molar-refractivity contribution in [3.05, 3.63) is 0 Å². The highest BCUT2D eigenvalue weighted by Crippen LogP contribution is 2.21. The number of amides is 4. The van der Waals surface area contributed by atoms with E-state index in [9.17, 15) is 14.4 Å².